The molecular formula is C19H36O. The molecule has 1 heterocycles. The smallest absolute Gasteiger partial charge is 0.0923 e. The first-order chi connectivity index (χ1) is 9.79. The van der Waals surface area contributed by atoms with Crippen molar-refractivity contribution in [2.24, 2.45) is 5.92 Å². The van der Waals surface area contributed by atoms with Crippen molar-refractivity contribution in [1.82, 2.24) is 0 Å². The summed E-state index contributed by atoms with van der Waals surface area (Å²) in [7, 11) is 0. The van der Waals surface area contributed by atoms with Crippen LogP contribution in [0.15, 0.2) is 11.3 Å². The molecule has 0 aromatic rings. The van der Waals surface area contributed by atoms with Crippen molar-refractivity contribution in [3.63, 3.8) is 0 Å². The molecule has 1 aliphatic rings. The van der Waals surface area contributed by atoms with Crippen LogP contribution in [0.5, 0.6) is 0 Å². The maximum atomic E-state index is 5.77. The molecule has 20 heavy (non-hydrogen) atoms. The molecule has 0 saturated heterocycles. The van der Waals surface area contributed by atoms with Gasteiger partial charge in [-0.2, -0.15) is 0 Å². The van der Waals surface area contributed by atoms with Crippen molar-refractivity contribution in [3.05, 3.63) is 11.3 Å². The predicted octanol–water partition coefficient (Wildman–Crippen LogP) is 6.63. The number of hydrogen-bond donors (Lipinski definition) is 0. The van der Waals surface area contributed by atoms with E-state index in [0.29, 0.717) is 0 Å². The summed E-state index contributed by atoms with van der Waals surface area (Å²) in [6.45, 7) is 7.72. The summed E-state index contributed by atoms with van der Waals surface area (Å²) in [4.78, 5) is 0. The van der Waals surface area contributed by atoms with E-state index in [4.69, 9.17) is 4.74 Å². The van der Waals surface area contributed by atoms with Crippen molar-refractivity contribution >= 4 is 0 Å². The standard InChI is InChI=1S/C19H36O/c1-4-6-7-8-9-10-11-14-18(13-5-2)19-15-12-16-20-17(19)3/h18H,4-16H2,1-3H3. The molecule has 0 bridgehead atoms. The molecule has 0 N–H and O–H groups in total. The van der Waals surface area contributed by atoms with Gasteiger partial charge >= 0.3 is 0 Å². The lowest BCUT2D eigenvalue weighted by Gasteiger charge is -2.26. The molecule has 1 heteroatoms. The molecule has 1 atom stereocenters. The minimum absolute atomic E-state index is 0.802. The normalized spacial score (nSPS) is 17.1. The highest BCUT2D eigenvalue weighted by molar-refractivity contribution is 5.12. The van der Waals surface area contributed by atoms with Crippen LogP contribution in [0.3, 0.4) is 0 Å². The van der Waals surface area contributed by atoms with Gasteiger partial charge in [-0.25, -0.2) is 0 Å². The van der Waals surface area contributed by atoms with E-state index < -0.39 is 0 Å². The number of ether oxygens (including phenoxy) is 1. The van der Waals surface area contributed by atoms with Gasteiger partial charge in [0.15, 0.2) is 0 Å². The Balaban J connectivity index is 2.25. The molecule has 0 radical (unpaired) electrons. The Hall–Kier alpha value is -0.460. The first-order valence-corrected chi connectivity index (χ1v) is 9.12. The molecule has 0 spiro atoms. The van der Waals surface area contributed by atoms with Crippen LogP contribution in [0.4, 0.5) is 0 Å². The molecule has 118 valence electrons. The highest BCUT2D eigenvalue weighted by Gasteiger charge is 2.19. The lowest BCUT2D eigenvalue weighted by atomic mass is 9.85. The molecule has 0 saturated carbocycles. The third kappa shape index (κ3) is 6.81. The second-order valence-electron chi connectivity index (χ2n) is 6.43. The van der Waals surface area contributed by atoms with Crippen LogP contribution in [0.1, 0.15) is 97.8 Å². The zero-order valence-corrected chi connectivity index (χ0v) is 14.2. The Morgan fingerprint density at radius 3 is 2.25 bits per heavy atom. The fourth-order valence-corrected chi connectivity index (χ4v) is 3.44. The molecule has 1 unspecified atom stereocenters. The van der Waals surface area contributed by atoms with Crippen LogP contribution < -0.4 is 0 Å². The van der Waals surface area contributed by atoms with E-state index in [1.165, 1.54) is 82.8 Å². The van der Waals surface area contributed by atoms with Crippen molar-refractivity contribution in [1.29, 1.82) is 0 Å². The Bertz CT molecular complexity index is 267. The Labute approximate surface area is 127 Å². The molecule has 1 aliphatic heterocycles. The van der Waals surface area contributed by atoms with Gasteiger partial charge in [0.05, 0.1) is 12.4 Å². The molecule has 1 nitrogen and oxygen atoms in total. The van der Waals surface area contributed by atoms with Crippen LogP contribution >= 0.6 is 0 Å². The third-order valence-electron chi connectivity index (χ3n) is 4.65. The van der Waals surface area contributed by atoms with Gasteiger partial charge in [0, 0.05) is 0 Å². The zero-order chi connectivity index (χ0) is 14.6. The van der Waals surface area contributed by atoms with E-state index >= 15 is 0 Å². The van der Waals surface area contributed by atoms with E-state index in [-0.39, 0.29) is 0 Å². The van der Waals surface area contributed by atoms with Gasteiger partial charge in [-0.1, -0.05) is 65.2 Å². The van der Waals surface area contributed by atoms with Gasteiger partial charge in [0.2, 0.25) is 0 Å². The van der Waals surface area contributed by atoms with Crippen molar-refractivity contribution in [2.75, 3.05) is 6.61 Å². The molecule has 0 fully saturated rings. The number of allylic oxidation sites excluding steroid dienone is 2. The van der Waals surface area contributed by atoms with Crippen LogP contribution in [0.2, 0.25) is 0 Å². The molecule has 0 aromatic heterocycles. The Kier molecular flexibility index (Phi) is 9.87. The molecule has 1 rings (SSSR count). The number of rotatable bonds is 11. The van der Waals surface area contributed by atoms with Crippen LogP contribution in [0, 0.1) is 5.92 Å². The molecule has 0 aromatic carbocycles. The van der Waals surface area contributed by atoms with E-state index in [1.807, 2.05) is 0 Å². The monoisotopic (exact) mass is 280 g/mol. The summed E-state index contributed by atoms with van der Waals surface area (Å²) in [6, 6.07) is 0. The van der Waals surface area contributed by atoms with Gasteiger partial charge in [-0.3, -0.25) is 0 Å². The third-order valence-corrected chi connectivity index (χ3v) is 4.65. The van der Waals surface area contributed by atoms with Crippen molar-refractivity contribution in [2.45, 2.75) is 97.8 Å². The lowest BCUT2D eigenvalue weighted by molar-refractivity contribution is 0.180. The highest BCUT2D eigenvalue weighted by Crippen LogP contribution is 2.32. The van der Waals surface area contributed by atoms with Gasteiger partial charge in [-0.05, 0) is 44.1 Å². The summed E-state index contributed by atoms with van der Waals surface area (Å²) < 4.78 is 5.77. The second kappa shape index (κ2) is 11.2. The predicted molar refractivity (Wildman–Crippen MR) is 88.9 cm³/mol. The van der Waals surface area contributed by atoms with Crippen molar-refractivity contribution < 1.29 is 4.74 Å². The fourth-order valence-electron chi connectivity index (χ4n) is 3.44. The number of unbranched alkanes of at least 4 members (excludes halogenated alkanes) is 6. The van der Waals surface area contributed by atoms with Crippen molar-refractivity contribution in [3.8, 4) is 0 Å². The summed E-state index contributed by atoms with van der Waals surface area (Å²) in [5.41, 5.74) is 1.64. The fraction of sp³-hybridized carbons (Fsp3) is 0.895. The summed E-state index contributed by atoms with van der Waals surface area (Å²) in [5, 5.41) is 0. The van der Waals surface area contributed by atoms with E-state index in [1.54, 1.807) is 5.57 Å². The minimum Gasteiger partial charge on any atom is -0.498 e. The Morgan fingerprint density at radius 1 is 0.900 bits per heavy atom. The maximum absolute atomic E-state index is 5.77. The number of hydrogen-bond acceptors (Lipinski definition) is 1. The lowest BCUT2D eigenvalue weighted by Crippen LogP contribution is -2.13. The van der Waals surface area contributed by atoms with Gasteiger partial charge in [0.25, 0.3) is 0 Å². The second-order valence-corrected chi connectivity index (χ2v) is 6.43. The largest absolute Gasteiger partial charge is 0.498 e. The SMILES string of the molecule is CCCCCCCCCC(CCC)C1=C(C)OCCC1. The average Bonchev–Trinajstić information content (AvgIpc) is 2.46. The first kappa shape index (κ1) is 17.6. The van der Waals surface area contributed by atoms with Gasteiger partial charge in [0.1, 0.15) is 0 Å². The van der Waals surface area contributed by atoms with Crippen LogP contribution in [-0.4, -0.2) is 6.61 Å². The van der Waals surface area contributed by atoms with Gasteiger partial charge < -0.3 is 4.74 Å². The average molecular weight is 280 g/mol. The van der Waals surface area contributed by atoms with Crippen LogP contribution in [-0.2, 0) is 4.74 Å². The van der Waals surface area contributed by atoms with Gasteiger partial charge in [-0.15, -0.1) is 0 Å². The quantitative estimate of drug-likeness (QED) is 0.386. The zero-order valence-electron chi connectivity index (χ0n) is 14.2. The maximum Gasteiger partial charge on any atom is 0.0923 e. The summed E-state index contributed by atoms with van der Waals surface area (Å²) in [5.74, 6) is 2.05. The highest BCUT2D eigenvalue weighted by atomic mass is 16.5. The molecule has 0 amide bonds. The molecular weight excluding hydrogens is 244 g/mol. The topological polar surface area (TPSA) is 9.23 Å². The van der Waals surface area contributed by atoms with E-state index in [9.17, 15) is 0 Å². The summed E-state index contributed by atoms with van der Waals surface area (Å²) in [6.07, 6.45) is 16.5. The minimum atomic E-state index is 0.802. The summed E-state index contributed by atoms with van der Waals surface area (Å²) >= 11 is 0. The Morgan fingerprint density at radius 2 is 1.60 bits per heavy atom. The van der Waals surface area contributed by atoms with Crippen LogP contribution in [0.25, 0.3) is 0 Å². The van der Waals surface area contributed by atoms with E-state index in [0.717, 1.165) is 12.5 Å². The van der Waals surface area contributed by atoms with E-state index in [2.05, 4.69) is 20.8 Å². The first-order valence-electron chi connectivity index (χ1n) is 9.12. The molecule has 0 aliphatic carbocycles.